The van der Waals surface area contributed by atoms with Crippen LogP contribution >= 0.6 is 0 Å². The molecular weight excluding hydrogens is 220 g/mol. The number of ether oxygens (including phenoxy) is 1. The van der Waals surface area contributed by atoms with E-state index in [0.29, 0.717) is 6.54 Å². The van der Waals surface area contributed by atoms with Crippen molar-refractivity contribution in [3.05, 3.63) is 11.6 Å². The molecule has 1 atom stereocenters. The number of aromatic amines is 1. The van der Waals surface area contributed by atoms with Crippen molar-refractivity contribution in [2.45, 2.75) is 38.7 Å². The van der Waals surface area contributed by atoms with E-state index in [1.54, 1.807) is 0 Å². The van der Waals surface area contributed by atoms with Gasteiger partial charge in [-0.3, -0.25) is 9.89 Å². The summed E-state index contributed by atoms with van der Waals surface area (Å²) in [5.41, 5.74) is 0. The van der Waals surface area contributed by atoms with Crippen molar-refractivity contribution in [3.63, 3.8) is 0 Å². The highest BCUT2D eigenvalue weighted by molar-refractivity contribution is 5.90. The zero-order valence-electron chi connectivity index (χ0n) is 10.0. The zero-order chi connectivity index (χ0) is 12.1. The minimum Gasteiger partial charge on any atom is -0.376 e. The van der Waals surface area contributed by atoms with Gasteiger partial charge in [0.25, 0.3) is 5.91 Å². The number of carbonyl (C=O) groups is 1. The van der Waals surface area contributed by atoms with E-state index in [2.05, 4.69) is 27.4 Å². The summed E-state index contributed by atoms with van der Waals surface area (Å²) in [5, 5.41) is 9.44. The third-order valence-corrected chi connectivity index (χ3v) is 2.74. The fourth-order valence-corrected chi connectivity index (χ4v) is 1.84. The summed E-state index contributed by atoms with van der Waals surface area (Å²) >= 11 is 0. The predicted molar refractivity (Wildman–Crippen MR) is 61.7 cm³/mol. The number of amides is 1. The summed E-state index contributed by atoms with van der Waals surface area (Å²) in [7, 11) is 0. The molecule has 0 bridgehead atoms. The lowest BCUT2D eigenvalue weighted by molar-refractivity contribution is 0.0849. The Morgan fingerprint density at radius 2 is 2.53 bits per heavy atom. The smallest absolute Gasteiger partial charge is 0.291 e. The van der Waals surface area contributed by atoms with Crippen LogP contribution in [0.3, 0.4) is 0 Å². The maximum Gasteiger partial charge on any atom is 0.291 e. The topological polar surface area (TPSA) is 79.9 Å². The van der Waals surface area contributed by atoms with Crippen LogP contribution in [-0.2, 0) is 11.2 Å². The molecule has 6 nitrogen and oxygen atoms in total. The fourth-order valence-electron chi connectivity index (χ4n) is 1.84. The first-order chi connectivity index (χ1) is 8.29. The molecular formula is C11H18N4O2. The van der Waals surface area contributed by atoms with Gasteiger partial charge in [0.05, 0.1) is 6.10 Å². The van der Waals surface area contributed by atoms with Crippen LogP contribution in [0.15, 0.2) is 0 Å². The second-order valence-electron chi connectivity index (χ2n) is 4.20. The second-order valence-corrected chi connectivity index (χ2v) is 4.20. The molecule has 0 radical (unpaired) electrons. The molecule has 0 saturated carbocycles. The Balaban J connectivity index is 1.81. The number of aromatic nitrogens is 3. The normalized spacial score (nSPS) is 19.5. The van der Waals surface area contributed by atoms with Crippen molar-refractivity contribution in [1.29, 1.82) is 0 Å². The molecule has 1 unspecified atom stereocenters. The Bertz CT molecular complexity index is 371. The van der Waals surface area contributed by atoms with Gasteiger partial charge in [-0.15, -0.1) is 5.10 Å². The summed E-state index contributed by atoms with van der Waals surface area (Å²) in [5.74, 6) is 0.736. The molecule has 6 heteroatoms. The van der Waals surface area contributed by atoms with Gasteiger partial charge in [-0.2, -0.15) is 0 Å². The summed E-state index contributed by atoms with van der Waals surface area (Å²) in [4.78, 5) is 15.8. The van der Waals surface area contributed by atoms with Crippen LogP contribution < -0.4 is 5.32 Å². The summed E-state index contributed by atoms with van der Waals surface area (Å²) in [6, 6.07) is 0. The van der Waals surface area contributed by atoms with Gasteiger partial charge in [0.2, 0.25) is 5.82 Å². The number of aryl methyl sites for hydroxylation is 1. The average Bonchev–Trinajstić information content (AvgIpc) is 2.97. The Hall–Kier alpha value is -1.43. The molecule has 0 spiro atoms. The quantitative estimate of drug-likeness (QED) is 0.790. The lowest BCUT2D eigenvalue weighted by atomic mass is 10.2. The van der Waals surface area contributed by atoms with Gasteiger partial charge in [-0.1, -0.05) is 6.92 Å². The van der Waals surface area contributed by atoms with Crippen molar-refractivity contribution >= 4 is 5.91 Å². The van der Waals surface area contributed by atoms with E-state index in [4.69, 9.17) is 4.74 Å². The average molecular weight is 238 g/mol. The number of hydrogen-bond donors (Lipinski definition) is 2. The van der Waals surface area contributed by atoms with Gasteiger partial charge in [0.1, 0.15) is 5.82 Å². The predicted octanol–water partition coefficient (Wildman–Crippen LogP) is 0.666. The van der Waals surface area contributed by atoms with Gasteiger partial charge in [0.15, 0.2) is 0 Å². The number of hydrogen-bond acceptors (Lipinski definition) is 4. The van der Waals surface area contributed by atoms with Gasteiger partial charge in [-0.05, 0) is 19.3 Å². The Morgan fingerprint density at radius 1 is 1.65 bits per heavy atom. The van der Waals surface area contributed by atoms with Crippen LogP contribution in [0.1, 0.15) is 42.6 Å². The van der Waals surface area contributed by atoms with Crippen LogP contribution in [0.4, 0.5) is 0 Å². The number of rotatable bonds is 5. The molecule has 2 heterocycles. The van der Waals surface area contributed by atoms with Crippen molar-refractivity contribution in [1.82, 2.24) is 20.5 Å². The molecule has 1 aromatic rings. The summed E-state index contributed by atoms with van der Waals surface area (Å²) in [6.07, 6.45) is 4.02. The van der Waals surface area contributed by atoms with Crippen LogP contribution in [0.5, 0.6) is 0 Å². The number of H-pyrrole nitrogens is 1. The minimum absolute atomic E-state index is 0.146. The lowest BCUT2D eigenvalue weighted by Gasteiger charge is -2.08. The Labute approximate surface area is 100 Å². The standard InChI is InChI=1S/C11H18N4O2/c1-2-4-9-13-10(15-14-9)11(16)12-7-8-5-3-6-17-8/h8H,2-7H2,1H3,(H,12,16)(H,13,14,15). The van der Waals surface area contributed by atoms with E-state index < -0.39 is 0 Å². The molecule has 0 aromatic carbocycles. The molecule has 1 aromatic heterocycles. The first kappa shape index (κ1) is 12.0. The summed E-state index contributed by atoms with van der Waals surface area (Å²) in [6.45, 7) is 3.39. The Morgan fingerprint density at radius 3 is 3.24 bits per heavy atom. The highest BCUT2D eigenvalue weighted by Gasteiger charge is 2.18. The van der Waals surface area contributed by atoms with Crippen LogP contribution in [0.25, 0.3) is 0 Å². The van der Waals surface area contributed by atoms with Crippen LogP contribution in [-0.4, -0.2) is 40.3 Å². The molecule has 1 amide bonds. The van der Waals surface area contributed by atoms with Crippen molar-refractivity contribution in [2.24, 2.45) is 0 Å². The van der Waals surface area contributed by atoms with Crippen molar-refractivity contribution in [2.75, 3.05) is 13.2 Å². The van der Waals surface area contributed by atoms with Gasteiger partial charge in [0, 0.05) is 19.6 Å². The number of carbonyl (C=O) groups excluding carboxylic acids is 1. The van der Waals surface area contributed by atoms with Crippen LogP contribution in [0, 0.1) is 0 Å². The molecule has 1 aliphatic heterocycles. The van der Waals surface area contributed by atoms with Gasteiger partial charge in [-0.25, -0.2) is 4.98 Å². The monoisotopic (exact) mass is 238 g/mol. The highest BCUT2D eigenvalue weighted by atomic mass is 16.5. The van der Waals surface area contributed by atoms with E-state index >= 15 is 0 Å². The molecule has 94 valence electrons. The minimum atomic E-state index is -0.237. The summed E-state index contributed by atoms with van der Waals surface area (Å²) < 4.78 is 5.42. The van der Waals surface area contributed by atoms with E-state index in [1.807, 2.05) is 0 Å². The van der Waals surface area contributed by atoms with Crippen LogP contribution in [0.2, 0.25) is 0 Å². The Kier molecular flexibility index (Phi) is 4.08. The molecule has 1 aliphatic rings. The maximum absolute atomic E-state index is 11.7. The maximum atomic E-state index is 11.7. The van der Waals surface area contributed by atoms with Crippen molar-refractivity contribution in [3.8, 4) is 0 Å². The van der Waals surface area contributed by atoms with Crippen molar-refractivity contribution < 1.29 is 9.53 Å². The molecule has 1 fully saturated rings. The number of nitrogens with zero attached hydrogens (tertiary/aromatic N) is 2. The third kappa shape index (κ3) is 3.26. The fraction of sp³-hybridized carbons (Fsp3) is 0.727. The highest BCUT2D eigenvalue weighted by Crippen LogP contribution is 2.10. The largest absolute Gasteiger partial charge is 0.376 e. The first-order valence-corrected chi connectivity index (χ1v) is 6.10. The van der Waals surface area contributed by atoms with E-state index in [9.17, 15) is 4.79 Å². The zero-order valence-corrected chi connectivity index (χ0v) is 10.0. The van der Waals surface area contributed by atoms with E-state index in [-0.39, 0.29) is 17.8 Å². The SMILES string of the molecule is CCCc1nc(C(=O)NCC2CCCO2)n[nH]1. The third-order valence-electron chi connectivity index (χ3n) is 2.74. The first-order valence-electron chi connectivity index (χ1n) is 6.10. The van der Waals surface area contributed by atoms with E-state index in [1.165, 1.54) is 0 Å². The molecule has 2 rings (SSSR count). The molecule has 17 heavy (non-hydrogen) atoms. The van der Waals surface area contributed by atoms with E-state index in [0.717, 1.165) is 38.1 Å². The van der Waals surface area contributed by atoms with Gasteiger partial charge < -0.3 is 10.1 Å². The number of nitrogens with one attached hydrogen (secondary N) is 2. The van der Waals surface area contributed by atoms with Gasteiger partial charge >= 0.3 is 0 Å². The molecule has 2 N–H and O–H groups in total. The molecule has 1 saturated heterocycles. The molecule has 0 aliphatic carbocycles. The second kappa shape index (κ2) is 5.77. The lowest BCUT2D eigenvalue weighted by Crippen LogP contribution is -2.32.